The molecule has 0 saturated carbocycles. The van der Waals surface area contributed by atoms with Gasteiger partial charge < -0.3 is 58.7 Å². The summed E-state index contributed by atoms with van der Waals surface area (Å²) in [6.45, 7) is 16.5. The molecule has 4 saturated heterocycles. The number of carbonyl (C=O) groups is 1. The minimum atomic E-state index is -4.07. The van der Waals surface area contributed by atoms with E-state index in [9.17, 15) is 38.7 Å². The Morgan fingerprint density at radius 1 is 0.914 bits per heavy atom. The molecule has 332 valence electrons. The first-order valence-corrected chi connectivity index (χ1v) is 22.0. The number of esters is 1. The van der Waals surface area contributed by atoms with Crippen LogP contribution in [0.3, 0.4) is 0 Å². The van der Waals surface area contributed by atoms with Crippen molar-refractivity contribution in [3.05, 3.63) is 30.3 Å². The summed E-state index contributed by atoms with van der Waals surface area (Å²) >= 11 is 0. The van der Waals surface area contributed by atoms with Crippen LogP contribution in [0.5, 0.6) is 0 Å². The summed E-state index contributed by atoms with van der Waals surface area (Å²) in [6, 6.07) is 6.72. The number of rotatable bonds is 9. The second-order valence-electron chi connectivity index (χ2n) is 17.9. The van der Waals surface area contributed by atoms with E-state index in [1.807, 2.05) is 0 Å². The molecule has 1 aromatic rings. The number of nitrogens with one attached hydrogen (secondary N) is 1. The van der Waals surface area contributed by atoms with Gasteiger partial charge in [0, 0.05) is 31.3 Å². The fourth-order valence-corrected chi connectivity index (χ4v) is 10.9. The summed E-state index contributed by atoms with van der Waals surface area (Å²) in [7, 11) is -2.60. The fraction of sp³-hybridized carbons (Fsp3) is 0.829. The fourth-order valence-electron chi connectivity index (χ4n) is 9.66. The van der Waals surface area contributed by atoms with Gasteiger partial charge in [-0.25, -0.2) is 13.1 Å². The topological polar surface area (TPSA) is 229 Å². The maximum atomic E-state index is 14.2. The largest absolute Gasteiger partial charge is 0.459 e. The van der Waals surface area contributed by atoms with Gasteiger partial charge in [0.2, 0.25) is 10.0 Å². The lowest BCUT2D eigenvalue weighted by molar-refractivity contribution is -0.337. The summed E-state index contributed by atoms with van der Waals surface area (Å²) in [5.41, 5.74) is -4.57. The van der Waals surface area contributed by atoms with Gasteiger partial charge in [0.05, 0.1) is 58.6 Å². The Balaban J connectivity index is 1.60. The average molecular weight is 846 g/mol. The van der Waals surface area contributed by atoms with Gasteiger partial charge >= 0.3 is 5.97 Å². The van der Waals surface area contributed by atoms with Gasteiger partial charge in [0.1, 0.15) is 23.9 Å². The van der Waals surface area contributed by atoms with Crippen LogP contribution in [-0.2, 0) is 48.0 Å². The van der Waals surface area contributed by atoms with Crippen LogP contribution in [0.15, 0.2) is 35.2 Å². The smallest absolute Gasteiger partial charge is 0.311 e. The molecule has 0 amide bonds. The number of methoxy groups -OCH3 is 1. The Hall–Kier alpha value is -1.84. The molecular formula is C41H67NO15S. The highest BCUT2D eigenvalue weighted by atomic mass is 32.2. The number of hydrogen-bond donors (Lipinski definition) is 6. The number of ether oxygens (including phenoxy) is 7. The van der Waals surface area contributed by atoms with Crippen molar-refractivity contribution < 1.29 is 71.9 Å². The number of benzene rings is 1. The van der Waals surface area contributed by atoms with Gasteiger partial charge in [0.25, 0.3) is 0 Å². The van der Waals surface area contributed by atoms with Crippen molar-refractivity contribution in [2.75, 3.05) is 7.11 Å². The van der Waals surface area contributed by atoms with Crippen molar-refractivity contribution in [2.24, 2.45) is 23.7 Å². The molecule has 2 bridgehead atoms. The van der Waals surface area contributed by atoms with E-state index in [-0.39, 0.29) is 30.6 Å². The maximum Gasteiger partial charge on any atom is 0.311 e. The number of aliphatic hydroxyl groups is 5. The van der Waals surface area contributed by atoms with Gasteiger partial charge in [-0.15, -0.1) is 0 Å². The maximum absolute atomic E-state index is 14.2. The van der Waals surface area contributed by atoms with Crippen LogP contribution in [0.4, 0.5) is 0 Å². The minimum absolute atomic E-state index is 0.0145. The third kappa shape index (κ3) is 9.03. The Morgan fingerprint density at radius 3 is 2.16 bits per heavy atom. The van der Waals surface area contributed by atoms with E-state index in [2.05, 4.69) is 4.72 Å². The van der Waals surface area contributed by atoms with Crippen LogP contribution in [0, 0.1) is 23.7 Å². The van der Waals surface area contributed by atoms with Gasteiger partial charge in [-0.2, -0.15) is 0 Å². The van der Waals surface area contributed by atoms with Crippen molar-refractivity contribution in [2.45, 2.75) is 190 Å². The predicted molar refractivity (Wildman–Crippen MR) is 208 cm³/mol. The predicted octanol–water partition coefficient (Wildman–Crippen LogP) is 2.36. The Kier molecular flexibility index (Phi) is 14.2. The van der Waals surface area contributed by atoms with E-state index in [4.69, 9.17) is 33.2 Å². The van der Waals surface area contributed by atoms with Crippen LogP contribution in [0.25, 0.3) is 0 Å². The molecule has 4 heterocycles. The molecule has 16 nitrogen and oxygen atoms in total. The summed E-state index contributed by atoms with van der Waals surface area (Å²) in [5.74, 6) is -6.56. The lowest BCUT2D eigenvalue weighted by atomic mass is 9.75. The molecule has 58 heavy (non-hydrogen) atoms. The Bertz CT molecular complexity index is 1670. The van der Waals surface area contributed by atoms with Crippen molar-refractivity contribution >= 4 is 16.0 Å². The molecule has 4 aliphatic rings. The zero-order valence-corrected chi connectivity index (χ0v) is 36.4. The number of hydrogen-bond acceptors (Lipinski definition) is 15. The highest BCUT2D eigenvalue weighted by molar-refractivity contribution is 7.89. The second kappa shape index (κ2) is 17.5. The first-order valence-electron chi connectivity index (χ1n) is 20.5. The number of carbonyl (C=O) groups excluding carboxylic acids is 1. The zero-order valence-electron chi connectivity index (χ0n) is 35.6. The van der Waals surface area contributed by atoms with E-state index in [0.29, 0.717) is 0 Å². The number of aliphatic hydroxyl groups excluding tert-OH is 3. The summed E-state index contributed by atoms with van der Waals surface area (Å²) in [4.78, 5) is 14.3. The summed E-state index contributed by atoms with van der Waals surface area (Å²) in [6.07, 6.45) is -11.1. The molecule has 0 aromatic heterocycles. The lowest BCUT2D eigenvalue weighted by Gasteiger charge is -2.48. The van der Waals surface area contributed by atoms with E-state index < -0.39 is 130 Å². The van der Waals surface area contributed by atoms with Crippen LogP contribution >= 0.6 is 0 Å². The highest BCUT2D eigenvalue weighted by Crippen LogP contribution is 2.52. The van der Waals surface area contributed by atoms with Crippen molar-refractivity contribution in [1.29, 1.82) is 0 Å². The molecule has 0 radical (unpaired) electrons. The molecule has 17 heteroatoms. The zero-order chi connectivity index (χ0) is 43.3. The number of sulfonamides is 1. The second-order valence-corrected chi connectivity index (χ2v) is 19.6. The normalized spacial score (nSPS) is 48.3. The first-order chi connectivity index (χ1) is 26.8. The van der Waals surface area contributed by atoms with Crippen molar-refractivity contribution in [1.82, 2.24) is 4.72 Å². The molecule has 4 aliphatic heterocycles. The van der Waals surface area contributed by atoms with Crippen LogP contribution in [0.1, 0.15) is 94.9 Å². The summed E-state index contributed by atoms with van der Waals surface area (Å²) < 4.78 is 73.8. The molecule has 0 aliphatic carbocycles. The van der Waals surface area contributed by atoms with Gasteiger partial charge in [-0.05, 0) is 72.9 Å². The van der Waals surface area contributed by atoms with Gasteiger partial charge in [-0.3, -0.25) is 4.79 Å². The van der Waals surface area contributed by atoms with Crippen molar-refractivity contribution in [3.8, 4) is 0 Å². The highest BCUT2D eigenvalue weighted by Gasteiger charge is 2.63. The molecule has 4 fully saturated rings. The van der Waals surface area contributed by atoms with Gasteiger partial charge in [-0.1, -0.05) is 45.9 Å². The molecule has 1 unspecified atom stereocenters. The van der Waals surface area contributed by atoms with E-state index in [1.165, 1.54) is 26.2 Å². The molecule has 6 N–H and O–H groups in total. The Morgan fingerprint density at radius 2 is 1.55 bits per heavy atom. The quantitative estimate of drug-likeness (QED) is 0.196. The molecule has 0 spiro atoms. The van der Waals surface area contributed by atoms with E-state index in [1.54, 1.807) is 80.5 Å². The van der Waals surface area contributed by atoms with Crippen LogP contribution in [-0.4, -0.2) is 137 Å². The van der Waals surface area contributed by atoms with E-state index >= 15 is 0 Å². The molecular weight excluding hydrogens is 779 g/mol. The molecule has 19 atom stereocenters. The number of cyclic esters (lactones) is 1. The third-order valence-electron chi connectivity index (χ3n) is 13.4. The lowest BCUT2D eigenvalue weighted by Crippen LogP contribution is -2.61. The van der Waals surface area contributed by atoms with E-state index in [0.717, 1.165) is 0 Å². The average Bonchev–Trinajstić information content (AvgIpc) is 3.42. The monoisotopic (exact) mass is 845 g/mol. The molecule has 5 rings (SSSR count). The third-order valence-corrected chi connectivity index (χ3v) is 14.9. The molecule has 1 aromatic carbocycles. The summed E-state index contributed by atoms with van der Waals surface area (Å²) in [5, 5.41) is 58.8. The van der Waals surface area contributed by atoms with Crippen LogP contribution in [0.2, 0.25) is 0 Å². The first kappa shape index (κ1) is 47.2. The van der Waals surface area contributed by atoms with Crippen LogP contribution < -0.4 is 4.72 Å². The minimum Gasteiger partial charge on any atom is -0.459 e. The standard InChI is InChI=1S/C41H67NO15S/c1-12-29-40(10,47)33(44)25(6)41(48)21(2)19-39(9,57-41)35(56-37-31(43)28(18-22(3)52-37)42-58(49,50)27-16-14-13-15-17-27)23(4)32(24(5)36(46)54-29)55-30-20-38(8,51-11)34(45)26(7)53-30/h13-17,21-26,28-35,37,42-45,47-48H,12,18-20H2,1-11H3/t21-,22-,23+,24-,25+,26+,28+,29+,30+,31-,32-,33-,34+,35-,37+,38-,39-,40-,41?/m1/s1. The Labute approximate surface area is 342 Å². The van der Waals surface area contributed by atoms with Gasteiger partial charge in [0.15, 0.2) is 18.4 Å². The number of fused-ring (bicyclic) bond motifs is 2. The van der Waals surface area contributed by atoms with Crippen molar-refractivity contribution in [3.63, 3.8) is 0 Å². The SMILES string of the molecule is CC[C@@H]1OC(=O)[C@H](C)[C@H](O[C@H]2C[C@@](C)(OC)[C@@H](O)[C@H](C)O2)[C@H](C)[C@@H](O[C@@H]2O[C@H](C)C[C@H](NS(=O)(=O)c3ccccc3)[C@H]2O)[C@@]2(C)C[C@@H](C)C(O)(O2)[C@@H](C)[C@@H](O)[C@]1(C)O.